The van der Waals surface area contributed by atoms with Crippen LogP contribution >= 0.6 is 11.8 Å². The fourth-order valence-electron chi connectivity index (χ4n) is 2.93. The number of aromatic amines is 1. The predicted molar refractivity (Wildman–Crippen MR) is 97.2 cm³/mol. The summed E-state index contributed by atoms with van der Waals surface area (Å²) in [5.41, 5.74) is 5.15. The molecule has 1 amide bonds. The van der Waals surface area contributed by atoms with Crippen molar-refractivity contribution in [3.8, 4) is 0 Å². The zero-order chi connectivity index (χ0) is 17.4. The minimum Gasteiger partial charge on any atom is -0.333 e. The number of carbonyl (C=O) groups is 1. The van der Waals surface area contributed by atoms with Crippen LogP contribution in [0.3, 0.4) is 0 Å². The highest BCUT2D eigenvalue weighted by molar-refractivity contribution is 7.99. The number of rotatable bonds is 4. The number of imidazole rings is 1. The van der Waals surface area contributed by atoms with Gasteiger partial charge in [0.05, 0.1) is 29.0 Å². The Morgan fingerprint density at radius 1 is 1.32 bits per heavy atom. The second-order valence-corrected chi connectivity index (χ2v) is 7.18. The molecule has 0 atom stereocenters. The summed E-state index contributed by atoms with van der Waals surface area (Å²) in [6.45, 7) is 5.25. The molecule has 0 radical (unpaired) electrons. The van der Waals surface area contributed by atoms with Gasteiger partial charge >= 0.3 is 0 Å². The van der Waals surface area contributed by atoms with Crippen molar-refractivity contribution in [3.05, 3.63) is 47.0 Å². The highest BCUT2D eigenvalue weighted by atomic mass is 32.2. The number of aromatic nitrogens is 4. The van der Waals surface area contributed by atoms with Gasteiger partial charge in [-0.05, 0) is 24.6 Å². The number of H-pyrrole nitrogens is 1. The Kier molecular flexibility index (Phi) is 4.17. The number of amides is 1. The monoisotopic (exact) mass is 353 g/mol. The lowest BCUT2D eigenvalue weighted by atomic mass is 10.2. The summed E-state index contributed by atoms with van der Waals surface area (Å²) in [5, 5.41) is 0.777. The smallest absolute Gasteiger partial charge is 0.233 e. The maximum Gasteiger partial charge on any atom is 0.233 e. The van der Waals surface area contributed by atoms with Crippen LogP contribution in [0, 0.1) is 6.92 Å². The fraction of sp³-hybridized carbons (Fsp3) is 0.333. The van der Waals surface area contributed by atoms with E-state index in [-0.39, 0.29) is 5.91 Å². The second-order valence-electron chi connectivity index (χ2n) is 6.21. The molecule has 1 aliphatic rings. The van der Waals surface area contributed by atoms with Crippen molar-refractivity contribution in [1.82, 2.24) is 24.8 Å². The van der Waals surface area contributed by atoms with Crippen LogP contribution in [0.1, 0.15) is 29.6 Å². The van der Waals surface area contributed by atoms with Gasteiger partial charge in [-0.1, -0.05) is 24.8 Å². The van der Waals surface area contributed by atoms with Gasteiger partial charge in [-0.15, -0.1) is 0 Å². The summed E-state index contributed by atoms with van der Waals surface area (Å²) in [4.78, 5) is 31.0. The molecule has 4 rings (SSSR count). The Balaban J connectivity index is 1.40. The van der Waals surface area contributed by atoms with Gasteiger partial charge < -0.3 is 9.88 Å². The highest BCUT2D eigenvalue weighted by Gasteiger charge is 2.25. The average molecular weight is 353 g/mol. The summed E-state index contributed by atoms with van der Waals surface area (Å²) < 4.78 is 0. The fourth-order valence-corrected chi connectivity index (χ4v) is 3.72. The Labute approximate surface area is 150 Å². The molecular weight excluding hydrogens is 334 g/mol. The Hall–Kier alpha value is -2.41. The van der Waals surface area contributed by atoms with E-state index in [1.165, 1.54) is 17.3 Å². The normalized spacial score (nSPS) is 13.4. The molecule has 128 valence electrons. The molecule has 2 aromatic heterocycles. The number of carbonyl (C=O) groups excluding carboxylic acids is 1. The number of nitrogens with zero attached hydrogens (tertiary/aromatic N) is 4. The number of fused-ring (bicyclic) bond motifs is 2. The summed E-state index contributed by atoms with van der Waals surface area (Å²) >= 11 is 1.44. The van der Waals surface area contributed by atoms with E-state index in [1.54, 1.807) is 0 Å². The van der Waals surface area contributed by atoms with E-state index < -0.39 is 0 Å². The summed E-state index contributed by atoms with van der Waals surface area (Å²) in [6, 6.07) is 6.10. The first-order valence-electron chi connectivity index (χ1n) is 8.33. The molecular formula is C18H19N5OS. The molecule has 1 aliphatic heterocycles. The topological polar surface area (TPSA) is 74.8 Å². The average Bonchev–Trinajstić information content (AvgIpc) is 3.21. The lowest BCUT2D eigenvalue weighted by Gasteiger charge is -2.13. The van der Waals surface area contributed by atoms with Gasteiger partial charge in [0.1, 0.15) is 5.82 Å². The second kappa shape index (κ2) is 6.48. The first-order chi connectivity index (χ1) is 12.1. The van der Waals surface area contributed by atoms with Crippen molar-refractivity contribution in [2.45, 2.75) is 38.5 Å². The maximum atomic E-state index is 12.5. The SMILES string of the molecule is CCc1ncc2c(n1)CN(C(=O)CSc1nc3ccc(C)cc3[nH]1)C2. The number of hydrogen-bond acceptors (Lipinski definition) is 5. The molecule has 0 saturated carbocycles. The molecule has 0 spiro atoms. The predicted octanol–water partition coefficient (Wildman–Crippen LogP) is 2.86. The van der Waals surface area contributed by atoms with Crippen LogP contribution in [0.5, 0.6) is 0 Å². The third kappa shape index (κ3) is 3.24. The molecule has 0 aliphatic carbocycles. The van der Waals surface area contributed by atoms with Crippen molar-refractivity contribution in [1.29, 1.82) is 0 Å². The number of nitrogens with one attached hydrogen (secondary N) is 1. The van der Waals surface area contributed by atoms with E-state index in [0.717, 1.165) is 39.7 Å². The molecule has 3 aromatic rings. The van der Waals surface area contributed by atoms with Gasteiger partial charge in [-0.2, -0.15) is 0 Å². The van der Waals surface area contributed by atoms with Crippen molar-refractivity contribution < 1.29 is 4.79 Å². The van der Waals surface area contributed by atoms with E-state index in [4.69, 9.17) is 0 Å². The molecule has 0 unspecified atom stereocenters. The van der Waals surface area contributed by atoms with Crippen LogP contribution in [0.4, 0.5) is 0 Å². The maximum absolute atomic E-state index is 12.5. The van der Waals surface area contributed by atoms with Crippen LogP contribution in [0.15, 0.2) is 29.6 Å². The quantitative estimate of drug-likeness (QED) is 0.730. The lowest BCUT2D eigenvalue weighted by Crippen LogP contribution is -2.27. The standard InChI is InChI=1S/C18H19N5OS/c1-3-16-19-7-12-8-23(9-15(12)20-16)17(24)10-25-18-21-13-5-4-11(2)6-14(13)22-18/h4-7H,3,8-10H2,1-2H3,(H,21,22). The molecule has 0 saturated heterocycles. The Morgan fingerprint density at radius 2 is 2.20 bits per heavy atom. The number of hydrogen-bond donors (Lipinski definition) is 1. The van der Waals surface area contributed by atoms with E-state index in [1.807, 2.05) is 30.2 Å². The molecule has 6 nitrogen and oxygen atoms in total. The number of benzene rings is 1. The van der Waals surface area contributed by atoms with Gasteiger partial charge in [-0.25, -0.2) is 15.0 Å². The van der Waals surface area contributed by atoms with Crippen molar-refractivity contribution in [2.24, 2.45) is 0 Å². The van der Waals surface area contributed by atoms with Crippen molar-refractivity contribution in [3.63, 3.8) is 0 Å². The Morgan fingerprint density at radius 3 is 3.04 bits per heavy atom. The molecule has 0 bridgehead atoms. The molecule has 7 heteroatoms. The minimum atomic E-state index is 0.0951. The highest BCUT2D eigenvalue weighted by Crippen LogP contribution is 2.24. The van der Waals surface area contributed by atoms with Crippen LogP contribution in [0.2, 0.25) is 0 Å². The zero-order valence-electron chi connectivity index (χ0n) is 14.2. The van der Waals surface area contributed by atoms with E-state index >= 15 is 0 Å². The van der Waals surface area contributed by atoms with Gasteiger partial charge in [0, 0.05) is 24.7 Å². The van der Waals surface area contributed by atoms with Gasteiger partial charge in [-0.3, -0.25) is 4.79 Å². The van der Waals surface area contributed by atoms with E-state index in [2.05, 4.69) is 32.9 Å². The van der Waals surface area contributed by atoms with E-state index in [0.29, 0.717) is 18.8 Å². The van der Waals surface area contributed by atoms with Gasteiger partial charge in [0.15, 0.2) is 5.16 Å². The third-order valence-corrected chi connectivity index (χ3v) is 5.18. The molecule has 0 fully saturated rings. The molecule has 1 aromatic carbocycles. The van der Waals surface area contributed by atoms with Gasteiger partial charge in [0.2, 0.25) is 5.91 Å². The van der Waals surface area contributed by atoms with E-state index in [9.17, 15) is 4.79 Å². The largest absolute Gasteiger partial charge is 0.333 e. The molecule has 1 N–H and O–H groups in total. The lowest BCUT2D eigenvalue weighted by molar-refractivity contribution is -0.128. The van der Waals surface area contributed by atoms with Crippen molar-refractivity contribution >= 4 is 28.7 Å². The molecule has 3 heterocycles. The third-order valence-electron chi connectivity index (χ3n) is 4.32. The van der Waals surface area contributed by atoms with Crippen LogP contribution in [0.25, 0.3) is 11.0 Å². The minimum absolute atomic E-state index is 0.0951. The van der Waals surface area contributed by atoms with Crippen molar-refractivity contribution in [2.75, 3.05) is 5.75 Å². The zero-order valence-corrected chi connectivity index (χ0v) is 15.1. The first kappa shape index (κ1) is 16.1. The molecule has 25 heavy (non-hydrogen) atoms. The van der Waals surface area contributed by atoms with Gasteiger partial charge in [0.25, 0.3) is 0 Å². The summed E-state index contributed by atoms with van der Waals surface area (Å²) in [7, 11) is 0. The Bertz CT molecular complexity index is 952. The van der Waals surface area contributed by atoms with Crippen LogP contribution in [-0.2, 0) is 24.3 Å². The number of thioether (sulfide) groups is 1. The number of aryl methyl sites for hydroxylation is 2. The summed E-state index contributed by atoms with van der Waals surface area (Å²) in [6.07, 6.45) is 2.66. The summed E-state index contributed by atoms with van der Waals surface area (Å²) in [5.74, 6) is 1.29. The van der Waals surface area contributed by atoms with Crippen LogP contribution in [-0.4, -0.2) is 36.5 Å². The first-order valence-corrected chi connectivity index (χ1v) is 9.31. The van der Waals surface area contributed by atoms with Crippen LogP contribution < -0.4 is 0 Å².